The van der Waals surface area contributed by atoms with E-state index in [4.69, 9.17) is 21.1 Å². The molecule has 0 saturated heterocycles. The summed E-state index contributed by atoms with van der Waals surface area (Å²) in [6.45, 7) is 8.02. The van der Waals surface area contributed by atoms with Gasteiger partial charge in [0.25, 0.3) is 0 Å². The number of carbonyl (C=O) groups excluding carboxylic acids is 2. The minimum atomic E-state index is -1.33. The number of aliphatic hydroxyl groups excluding tert-OH is 1. The van der Waals surface area contributed by atoms with Gasteiger partial charge in [0, 0.05) is 48.9 Å². The molecule has 0 spiro atoms. The van der Waals surface area contributed by atoms with Crippen LogP contribution in [0, 0.1) is 6.92 Å². The third kappa shape index (κ3) is 6.06. The molecule has 1 unspecified atom stereocenters. The number of allylic oxidation sites excluding steroid dienone is 1. The Morgan fingerprint density at radius 2 is 1.71 bits per heavy atom. The zero-order chi connectivity index (χ0) is 30.2. The predicted molar refractivity (Wildman–Crippen MR) is 169 cm³/mol. The van der Waals surface area contributed by atoms with E-state index in [9.17, 15) is 14.7 Å². The molecule has 1 atom stereocenters. The fourth-order valence-electron chi connectivity index (χ4n) is 5.20. The Hall–Kier alpha value is -4.11. The highest BCUT2D eigenvalue weighted by molar-refractivity contribution is 7.12. The number of fused-ring (bicyclic) bond motifs is 1. The molecule has 1 aromatic heterocycles. The number of ether oxygens (including phenoxy) is 2. The van der Waals surface area contributed by atoms with Crippen LogP contribution in [-0.2, 0) is 0 Å². The van der Waals surface area contributed by atoms with Crippen LogP contribution < -0.4 is 20.1 Å². The fourth-order valence-corrected chi connectivity index (χ4v) is 6.19. The molecule has 4 aromatic rings. The molecule has 0 fully saturated rings. The predicted octanol–water partition coefficient (Wildman–Crippen LogP) is 8.52. The molecule has 1 aliphatic heterocycles. The van der Waals surface area contributed by atoms with Crippen LogP contribution in [0.25, 0.3) is 16.7 Å². The van der Waals surface area contributed by atoms with Crippen molar-refractivity contribution in [1.82, 2.24) is 0 Å². The number of amides is 1. The van der Waals surface area contributed by atoms with E-state index >= 15 is 0 Å². The van der Waals surface area contributed by atoms with Crippen LogP contribution in [-0.4, -0.2) is 29.6 Å². The van der Waals surface area contributed by atoms with Gasteiger partial charge in [-0.05, 0) is 93.4 Å². The molecule has 3 aromatic carbocycles. The minimum Gasteiger partial charge on any atom is -0.496 e. The van der Waals surface area contributed by atoms with Crippen molar-refractivity contribution in [3.05, 3.63) is 98.7 Å². The number of nitrogens with one attached hydrogen (secondary N) is 2. The average molecular weight is 603 g/mol. The third-order valence-electron chi connectivity index (χ3n) is 6.92. The van der Waals surface area contributed by atoms with Crippen LogP contribution in [0.1, 0.15) is 52.6 Å². The summed E-state index contributed by atoms with van der Waals surface area (Å²) in [5.74, 6) is 0.233. The second-order valence-corrected chi connectivity index (χ2v) is 12.4. The Morgan fingerprint density at radius 1 is 1.00 bits per heavy atom. The first kappa shape index (κ1) is 29.4. The van der Waals surface area contributed by atoms with Gasteiger partial charge in [-0.25, -0.2) is 4.79 Å². The largest absolute Gasteiger partial charge is 0.496 e. The summed E-state index contributed by atoms with van der Waals surface area (Å²) in [5.41, 5.74) is 4.27. The van der Waals surface area contributed by atoms with Gasteiger partial charge in [0.2, 0.25) is 0 Å². The first-order valence-electron chi connectivity index (χ1n) is 13.3. The minimum absolute atomic E-state index is 0.251. The lowest BCUT2D eigenvalue weighted by molar-refractivity contribution is 0.0754. The van der Waals surface area contributed by atoms with Crippen molar-refractivity contribution in [2.45, 2.75) is 39.3 Å². The van der Waals surface area contributed by atoms with E-state index in [-0.39, 0.29) is 11.3 Å². The van der Waals surface area contributed by atoms with E-state index in [0.29, 0.717) is 38.0 Å². The summed E-state index contributed by atoms with van der Waals surface area (Å²) in [6, 6.07) is 19.1. The highest BCUT2D eigenvalue weighted by atomic mass is 35.5. The molecule has 7 nitrogen and oxygen atoms in total. The summed E-state index contributed by atoms with van der Waals surface area (Å²) in [4.78, 5) is 28.2. The number of anilines is 2. The number of aliphatic hydroxyl groups is 1. The molecular formula is C33H31ClN2O5S. The Kier molecular flexibility index (Phi) is 8.14. The monoisotopic (exact) mass is 602 g/mol. The molecule has 42 heavy (non-hydrogen) atoms. The number of aryl methyl sites for hydroxylation is 1. The Labute approximate surface area is 253 Å². The summed E-state index contributed by atoms with van der Waals surface area (Å²) in [6.07, 6.45) is 0.0628. The molecule has 216 valence electrons. The smallest absolute Gasteiger partial charge is 0.417 e. The molecular weight excluding hydrogens is 572 g/mol. The van der Waals surface area contributed by atoms with E-state index in [1.807, 2.05) is 32.0 Å². The van der Waals surface area contributed by atoms with Crippen molar-refractivity contribution in [3.63, 3.8) is 0 Å². The average Bonchev–Trinajstić information content (AvgIpc) is 3.38. The number of thiophene rings is 1. The maximum atomic E-state index is 14.1. The van der Waals surface area contributed by atoms with Crippen molar-refractivity contribution in [2.24, 2.45) is 0 Å². The molecule has 0 bridgehead atoms. The first-order chi connectivity index (χ1) is 20.0. The highest BCUT2D eigenvalue weighted by Crippen LogP contribution is 2.44. The van der Waals surface area contributed by atoms with Crippen molar-refractivity contribution in [1.29, 1.82) is 0 Å². The van der Waals surface area contributed by atoms with Crippen molar-refractivity contribution in [3.8, 4) is 22.6 Å². The quantitative estimate of drug-likeness (QED) is 0.183. The number of halogens is 1. The Morgan fingerprint density at radius 3 is 2.38 bits per heavy atom. The van der Waals surface area contributed by atoms with Gasteiger partial charge in [-0.2, -0.15) is 0 Å². The number of rotatable bonds is 7. The summed E-state index contributed by atoms with van der Waals surface area (Å²) in [7, 11) is 1.51. The normalized spacial score (nSPS) is 14.2. The number of benzene rings is 3. The van der Waals surface area contributed by atoms with Gasteiger partial charge < -0.3 is 19.9 Å². The van der Waals surface area contributed by atoms with Crippen LogP contribution in [0.5, 0.6) is 11.5 Å². The number of Topliss-reactive ketones (excluding diaryl/α,β-unsaturated/α-hetero) is 1. The topological polar surface area (TPSA) is 96.9 Å². The summed E-state index contributed by atoms with van der Waals surface area (Å²) >= 11 is 7.31. The van der Waals surface area contributed by atoms with E-state index in [1.165, 1.54) is 18.4 Å². The first-order valence-corrected chi connectivity index (χ1v) is 14.5. The fraction of sp³-hybridized carbons (Fsp3) is 0.212. The van der Waals surface area contributed by atoms with Crippen LogP contribution in [0.2, 0.25) is 5.02 Å². The van der Waals surface area contributed by atoms with E-state index in [1.54, 1.807) is 48.5 Å². The van der Waals surface area contributed by atoms with Crippen LogP contribution in [0.3, 0.4) is 0 Å². The van der Waals surface area contributed by atoms with Crippen LogP contribution >= 0.6 is 22.9 Å². The lowest BCUT2D eigenvalue weighted by Crippen LogP contribution is -2.32. The van der Waals surface area contributed by atoms with Gasteiger partial charge in [-0.15, -0.1) is 11.3 Å². The summed E-state index contributed by atoms with van der Waals surface area (Å²) < 4.78 is 11.2. The number of carbonyl (C=O) groups is 2. The van der Waals surface area contributed by atoms with E-state index in [2.05, 4.69) is 30.6 Å². The third-order valence-corrected chi connectivity index (χ3v) is 8.23. The second-order valence-electron chi connectivity index (χ2n) is 10.7. The van der Waals surface area contributed by atoms with Crippen LogP contribution in [0.4, 0.5) is 16.2 Å². The van der Waals surface area contributed by atoms with Gasteiger partial charge >= 0.3 is 6.09 Å². The van der Waals surface area contributed by atoms with Crippen molar-refractivity contribution >= 4 is 51.8 Å². The van der Waals surface area contributed by atoms with Gasteiger partial charge in [0.05, 0.1) is 12.6 Å². The molecule has 5 rings (SSSR count). The Bertz CT molecular complexity index is 1710. The van der Waals surface area contributed by atoms with E-state index < -0.39 is 18.0 Å². The number of hydrogen-bond donors (Lipinski definition) is 3. The van der Waals surface area contributed by atoms with Gasteiger partial charge in [-0.3, -0.25) is 10.1 Å². The zero-order valence-corrected chi connectivity index (χ0v) is 25.4. The van der Waals surface area contributed by atoms with Gasteiger partial charge in [-0.1, -0.05) is 23.7 Å². The molecule has 0 aliphatic carbocycles. The maximum Gasteiger partial charge on any atom is 0.417 e. The Balaban J connectivity index is 1.55. The lowest BCUT2D eigenvalue weighted by Gasteiger charge is -2.33. The lowest BCUT2D eigenvalue weighted by atomic mass is 9.82. The zero-order valence-electron chi connectivity index (χ0n) is 23.9. The van der Waals surface area contributed by atoms with Gasteiger partial charge in [0.1, 0.15) is 11.5 Å². The maximum absolute atomic E-state index is 14.1. The molecule has 0 radical (unpaired) electrons. The molecule has 3 N–H and O–H groups in total. The second kappa shape index (κ2) is 11.6. The molecule has 0 saturated carbocycles. The number of hydrogen-bond acceptors (Lipinski definition) is 7. The standard InChI is InChI=1S/C33H31ClN2O5S/c1-18-17-33(3,4)36-25-14-13-24(29(28(18)25)31(38)30(37)27-15-6-19(2)42-27)23-12-11-22(16-26(23)40-5)41-32(39)35-21-9-7-20(34)8-10-21/h6-17,30,36-37H,1-5H3,(H,35,39). The number of methoxy groups -OCH3 is 1. The van der Waals surface area contributed by atoms with E-state index in [0.717, 1.165) is 21.7 Å². The molecule has 1 aliphatic rings. The van der Waals surface area contributed by atoms with Crippen molar-refractivity contribution < 1.29 is 24.2 Å². The number of ketones is 1. The van der Waals surface area contributed by atoms with Crippen LogP contribution in [0.15, 0.2) is 72.8 Å². The molecule has 1 amide bonds. The van der Waals surface area contributed by atoms with Gasteiger partial charge in [0.15, 0.2) is 11.9 Å². The van der Waals surface area contributed by atoms with Crippen molar-refractivity contribution in [2.75, 3.05) is 17.7 Å². The summed E-state index contributed by atoms with van der Waals surface area (Å²) in [5, 5.41) is 17.9. The molecule has 2 heterocycles. The molecule has 9 heteroatoms. The SMILES string of the molecule is COc1cc(OC(=O)Nc2ccc(Cl)cc2)ccc1-c1ccc2c(c1C(=O)C(O)c1ccc(C)s1)C(C)=CC(C)(C)N2. The highest BCUT2D eigenvalue weighted by Gasteiger charge is 2.32.